The molecule has 0 saturated heterocycles. The van der Waals surface area contributed by atoms with Crippen LogP contribution >= 0.6 is 11.3 Å². The summed E-state index contributed by atoms with van der Waals surface area (Å²) in [4.78, 5) is 35.9. The molecule has 0 spiro atoms. The summed E-state index contributed by atoms with van der Waals surface area (Å²) in [5, 5.41) is 6.82. The molecule has 0 fully saturated rings. The Kier molecular flexibility index (Phi) is 6.53. The van der Waals surface area contributed by atoms with E-state index >= 15 is 0 Å². The van der Waals surface area contributed by atoms with Gasteiger partial charge in [-0.15, -0.1) is 11.3 Å². The van der Waals surface area contributed by atoms with Gasteiger partial charge in [-0.3, -0.25) is 9.59 Å². The van der Waals surface area contributed by atoms with Crippen molar-refractivity contribution in [1.29, 1.82) is 0 Å². The van der Waals surface area contributed by atoms with Gasteiger partial charge in [-0.1, -0.05) is 36.8 Å². The van der Waals surface area contributed by atoms with Crippen LogP contribution in [0.2, 0.25) is 0 Å². The van der Waals surface area contributed by atoms with Crippen molar-refractivity contribution in [2.45, 2.75) is 58.0 Å². The topological polar surface area (TPSA) is 111 Å². The molecular weight excluding hydrogens is 450 g/mol. The number of carbonyl (C=O) groups is 2. The van der Waals surface area contributed by atoms with Crippen molar-refractivity contribution < 1.29 is 14.3 Å². The Balaban J connectivity index is 1.15. The average Bonchev–Trinajstić information content (AvgIpc) is 3.41. The first-order valence-electron chi connectivity index (χ1n) is 11.7. The highest BCUT2D eigenvalue weighted by atomic mass is 32.1. The second kappa shape index (κ2) is 9.89. The highest BCUT2D eigenvalue weighted by molar-refractivity contribution is 7.19. The Hall–Kier alpha value is -3.33. The van der Waals surface area contributed by atoms with Gasteiger partial charge in [0.05, 0.1) is 24.1 Å². The predicted molar refractivity (Wildman–Crippen MR) is 131 cm³/mol. The number of ether oxygens (including phenoxy) is 1. The maximum Gasteiger partial charge on any atom is 0.306 e. The molecule has 1 amide bonds. The molecule has 8 nitrogen and oxygen atoms in total. The Morgan fingerprint density at radius 1 is 1.03 bits per heavy atom. The van der Waals surface area contributed by atoms with Crippen LogP contribution in [-0.2, 0) is 33.8 Å². The highest BCUT2D eigenvalue weighted by Crippen LogP contribution is 2.37. The summed E-state index contributed by atoms with van der Waals surface area (Å²) >= 11 is 1.67. The Labute approximate surface area is 201 Å². The van der Waals surface area contributed by atoms with E-state index in [2.05, 4.69) is 15.1 Å². The van der Waals surface area contributed by atoms with Crippen molar-refractivity contribution in [3.8, 4) is 0 Å². The number of esters is 1. The fourth-order valence-electron chi connectivity index (χ4n) is 4.50. The van der Waals surface area contributed by atoms with Crippen LogP contribution in [0.15, 0.2) is 35.4 Å². The van der Waals surface area contributed by atoms with Crippen LogP contribution in [0.3, 0.4) is 0 Å². The van der Waals surface area contributed by atoms with E-state index < -0.39 is 5.97 Å². The van der Waals surface area contributed by atoms with Crippen LogP contribution in [0.1, 0.15) is 60.4 Å². The molecule has 3 heterocycles. The molecule has 9 heteroatoms. The first-order chi connectivity index (χ1) is 16.6. The van der Waals surface area contributed by atoms with Gasteiger partial charge in [-0.05, 0) is 36.8 Å². The minimum Gasteiger partial charge on any atom is -0.457 e. The summed E-state index contributed by atoms with van der Waals surface area (Å²) in [6.45, 7) is 0.464. The van der Waals surface area contributed by atoms with Crippen LogP contribution in [-0.4, -0.2) is 39.1 Å². The molecule has 0 unspecified atom stereocenters. The molecule has 1 aliphatic heterocycles. The van der Waals surface area contributed by atoms with Crippen LogP contribution in [0.5, 0.6) is 0 Å². The molecule has 2 aliphatic rings. The van der Waals surface area contributed by atoms with Crippen LogP contribution < -0.4 is 5.73 Å². The van der Waals surface area contributed by atoms with Gasteiger partial charge in [0.25, 0.3) is 0 Å². The van der Waals surface area contributed by atoms with Crippen LogP contribution in [0, 0.1) is 0 Å². The van der Waals surface area contributed by atoms with E-state index in [4.69, 9.17) is 10.5 Å². The molecule has 1 aromatic carbocycles. The number of fused-ring (bicyclic) bond motifs is 3. The zero-order chi connectivity index (χ0) is 23.5. The molecule has 0 saturated carbocycles. The second-order valence-electron chi connectivity index (χ2n) is 8.61. The summed E-state index contributed by atoms with van der Waals surface area (Å²) in [6, 6.07) is 9.79. The maximum absolute atomic E-state index is 12.5. The molecule has 34 heavy (non-hydrogen) atoms. The highest BCUT2D eigenvalue weighted by Gasteiger charge is 2.23. The number of anilines is 1. The van der Waals surface area contributed by atoms with E-state index in [1.807, 2.05) is 30.3 Å². The number of carbonyl (C=O) groups excluding carboxylic acids is 2. The number of amides is 1. The lowest BCUT2D eigenvalue weighted by Crippen LogP contribution is -2.24. The number of aromatic nitrogens is 2. The molecule has 2 aromatic heterocycles. The standard InChI is InChI=1S/C25H27N5O3S/c26-24-23-17-9-5-2-6-10-19(17)34-25(23)28-20(27-24)15-33-22(32)12-11-21(31)30-14-13-18(29-30)16-7-3-1-4-8-16/h1,3-4,7-8H,2,5-6,9-15H2,(H2,26,27,28). The lowest BCUT2D eigenvalue weighted by Gasteiger charge is -2.11. The van der Waals surface area contributed by atoms with Gasteiger partial charge in [0.15, 0.2) is 12.4 Å². The van der Waals surface area contributed by atoms with E-state index in [0.717, 1.165) is 40.8 Å². The minimum atomic E-state index is -0.468. The first kappa shape index (κ1) is 22.5. The number of hydrazone groups is 1. The molecular formula is C25H27N5O3S. The molecule has 0 atom stereocenters. The maximum atomic E-state index is 12.5. The molecule has 2 N–H and O–H groups in total. The Morgan fingerprint density at radius 2 is 1.85 bits per heavy atom. The number of thiophene rings is 1. The van der Waals surface area contributed by atoms with Crippen molar-refractivity contribution >= 4 is 45.0 Å². The summed E-state index contributed by atoms with van der Waals surface area (Å²) in [7, 11) is 0. The Bertz CT molecular complexity index is 1250. The lowest BCUT2D eigenvalue weighted by atomic mass is 10.1. The van der Waals surface area contributed by atoms with Crippen molar-refractivity contribution in [2.75, 3.05) is 12.3 Å². The van der Waals surface area contributed by atoms with Gasteiger partial charge in [0, 0.05) is 17.7 Å². The summed E-state index contributed by atoms with van der Waals surface area (Å²) in [5.74, 6) is 0.179. The van der Waals surface area contributed by atoms with Crippen molar-refractivity contribution in [3.63, 3.8) is 0 Å². The normalized spacial score (nSPS) is 15.6. The lowest BCUT2D eigenvalue weighted by molar-refractivity contribution is -0.147. The second-order valence-corrected chi connectivity index (χ2v) is 9.69. The van der Waals surface area contributed by atoms with Gasteiger partial charge in [0.2, 0.25) is 5.91 Å². The van der Waals surface area contributed by atoms with E-state index in [1.54, 1.807) is 11.3 Å². The zero-order valence-corrected chi connectivity index (χ0v) is 19.8. The zero-order valence-electron chi connectivity index (χ0n) is 19.0. The van der Waals surface area contributed by atoms with Gasteiger partial charge in [-0.25, -0.2) is 15.0 Å². The van der Waals surface area contributed by atoms with Gasteiger partial charge >= 0.3 is 5.97 Å². The third kappa shape index (κ3) is 4.79. The number of nitrogen functional groups attached to an aromatic ring is 1. The predicted octanol–water partition coefficient (Wildman–Crippen LogP) is 4.00. The number of nitrogens with zero attached hydrogens (tertiary/aromatic N) is 4. The number of hydrogen-bond donors (Lipinski definition) is 1. The monoisotopic (exact) mass is 477 g/mol. The third-order valence-corrected chi connectivity index (χ3v) is 7.43. The summed E-state index contributed by atoms with van der Waals surface area (Å²) in [5.41, 5.74) is 9.44. The number of hydrogen-bond acceptors (Lipinski definition) is 8. The van der Waals surface area contributed by atoms with E-state index in [9.17, 15) is 9.59 Å². The molecule has 1 aliphatic carbocycles. The van der Waals surface area contributed by atoms with Crippen molar-refractivity contribution in [2.24, 2.45) is 5.10 Å². The third-order valence-electron chi connectivity index (χ3n) is 6.24. The smallest absolute Gasteiger partial charge is 0.306 e. The van der Waals surface area contributed by atoms with E-state index in [0.29, 0.717) is 24.6 Å². The SMILES string of the molecule is Nc1nc(COC(=O)CCC(=O)N2CCC(c3ccccc3)=N2)nc2sc3c(c12)CCCCC3. The first-order valence-corrected chi connectivity index (χ1v) is 12.6. The van der Waals surface area contributed by atoms with E-state index in [-0.39, 0.29) is 25.4 Å². The largest absolute Gasteiger partial charge is 0.457 e. The van der Waals surface area contributed by atoms with Crippen LogP contribution in [0.4, 0.5) is 5.82 Å². The number of aryl methyl sites for hydroxylation is 2. The molecule has 176 valence electrons. The van der Waals surface area contributed by atoms with Gasteiger partial charge in [-0.2, -0.15) is 5.10 Å². The summed E-state index contributed by atoms with van der Waals surface area (Å²) in [6.07, 6.45) is 6.38. The fraction of sp³-hybridized carbons (Fsp3) is 0.400. The van der Waals surface area contributed by atoms with E-state index in [1.165, 1.54) is 28.3 Å². The minimum absolute atomic E-state index is 0.0173. The molecule has 3 aromatic rings. The van der Waals surface area contributed by atoms with Crippen molar-refractivity contribution in [3.05, 3.63) is 52.2 Å². The van der Waals surface area contributed by atoms with Crippen molar-refractivity contribution in [1.82, 2.24) is 15.0 Å². The summed E-state index contributed by atoms with van der Waals surface area (Å²) < 4.78 is 5.34. The molecule has 0 radical (unpaired) electrons. The number of benzene rings is 1. The van der Waals surface area contributed by atoms with Gasteiger partial charge in [0.1, 0.15) is 10.6 Å². The van der Waals surface area contributed by atoms with Crippen LogP contribution in [0.25, 0.3) is 10.2 Å². The average molecular weight is 478 g/mol. The molecule has 5 rings (SSSR count). The number of nitrogens with two attached hydrogens (primary N) is 1. The van der Waals surface area contributed by atoms with Gasteiger partial charge < -0.3 is 10.5 Å². The number of rotatable bonds is 6. The molecule has 0 bridgehead atoms. The quantitative estimate of drug-likeness (QED) is 0.424. The Morgan fingerprint density at radius 3 is 2.71 bits per heavy atom. The fourth-order valence-corrected chi connectivity index (χ4v) is 5.79.